The van der Waals surface area contributed by atoms with Gasteiger partial charge in [0, 0.05) is 14.8 Å². The van der Waals surface area contributed by atoms with E-state index in [0.29, 0.717) is 10.6 Å². The number of halogens is 1. The summed E-state index contributed by atoms with van der Waals surface area (Å²) in [6, 6.07) is 15.1. The van der Waals surface area contributed by atoms with E-state index in [1.807, 2.05) is 30.3 Å². The molecular weight excluding hydrogens is 266 g/mol. The van der Waals surface area contributed by atoms with Crippen molar-refractivity contribution in [2.24, 2.45) is 0 Å². The Morgan fingerprint density at radius 2 is 1.89 bits per heavy atom. The Kier molecular flexibility index (Phi) is 4.14. The van der Waals surface area contributed by atoms with Gasteiger partial charge in [0.1, 0.15) is 11.8 Å². The van der Waals surface area contributed by atoms with Crippen LogP contribution in [0.2, 0.25) is 5.02 Å². The molecule has 2 rings (SSSR count). The zero-order chi connectivity index (χ0) is 13.0. The van der Waals surface area contributed by atoms with Crippen LogP contribution in [0, 0.1) is 11.3 Å². The maximum Gasteiger partial charge on any atom is 0.120 e. The summed E-state index contributed by atoms with van der Waals surface area (Å²) in [7, 11) is 1.61. The minimum absolute atomic E-state index is 0.635. The Bertz CT molecular complexity index is 590. The molecule has 0 N–H and O–H groups in total. The van der Waals surface area contributed by atoms with Crippen molar-refractivity contribution < 1.29 is 4.74 Å². The van der Waals surface area contributed by atoms with Gasteiger partial charge in [-0.1, -0.05) is 23.4 Å². The van der Waals surface area contributed by atoms with Gasteiger partial charge in [-0.2, -0.15) is 5.26 Å². The van der Waals surface area contributed by atoms with E-state index >= 15 is 0 Å². The lowest BCUT2D eigenvalue weighted by molar-refractivity contribution is 0.413. The molecule has 0 aromatic heterocycles. The highest BCUT2D eigenvalue weighted by Crippen LogP contribution is 2.33. The number of hydrogen-bond acceptors (Lipinski definition) is 3. The third-order valence-electron chi connectivity index (χ3n) is 2.35. The Morgan fingerprint density at radius 3 is 2.50 bits per heavy atom. The molecule has 0 saturated carbocycles. The maximum atomic E-state index is 9.08. The summed E-state index contributed by atoms with van der Waals surface area (Å²) in [5, 5.41) is 9.78. The quantitative estimate of drug-likeness (QED) is 0.834. The third-order valence-corrected chi connectivity index (χ3v) is 3.67. The molecule has 0 aliphatic heterocycles. The molecule has 0 aliphatic carbocycles. The molecule has 4 heteroatoms. The van der Waals surface area contributed by atoms with Gasteiger partial charge in [0.25, 0.3) is 0 Å². The van der Waals surface area contributed by atoms with Crippen LogP contribution in [-0.2, 0) is 0 Å². The highest BCUT2D eigenvalue weighted by molar-refractivity contribution is 7.99. The standard InChI is InChI=1S/C14H10ClNOS/c1-17-12-5-2-10(9-16)14(8-12)18-13-6-3-11(15)4-7-13/h2-8H,1H3. The molecule has 0 saturated heterocycles. The van der Waals surface area contributed by atoms with Crippen molar-refractivity contribution in [3.63, 3.8) is 0 Å². The van der Waals surface area contributed by atoms with Crippen LogP contribution in [0.4, 0.5) is 0 Å². The number of ether oxygens (including phenoxy) is 1. The summed E-state index contributed by atoms with van der Waals surface area (Å²) < 4.78 is 5.17. The molecule has 2 nitrogen and oxygen atoms in total. The third kappa shape index (κ3) is 2.98. The predicted molar refractivity (Wildman–Crippen MR) is 73.3 cm³/mol. The van der Waals surface area contributed by atoms with Crippen molar-refractivity contribution in [3.05, 3.63) is 53.1 Å². The van der Waals surface area contributed by atoms with E-state index < -0.39 is 0 Å². The summed E-state index contributed by atoms with van der Waals surface area (Å²) in [5.41, 5.74) is 0.635. The molecule has 0 atom stereocenters. The summed E-state index contributed by atoms with van der Waals surface area (Å²) in [4.78, 5) is 1.91. The molecule has 0 radical (unpaired) electrons. The molecule has 90 valence electrons. The molecule has 0 spiro atoms. The summed E-state index contributed by atoms with van der Waals surface area (Å²) in [6.07, 6.45) is 0. The molecule has 0 aliphatic rings. The van der Waals surface area contributed by atoms with Crippen LogP contribution in [0.25, 0.3) is 0 Å². The maximum absolute atomic E-state index is 9.08. The SMILES string of the molecule is COc1ccc(C#N)c(Sc2ccc(Cl)cc2)c1. The molecule has 18 heavy (non-hydrogen) atoms. The van der Waals surface area contributed by atoms with Crippen molar-refractivity contribution in [1.82, 2.24) is 0 Å². The normalized spacial score (nSPS) is 9.83. The number of rotatable bonds is 3. The Balaban J connectivity index is 2.32. The number of nitrogens with zero attached hydrogens (tertiary/aromatic N) is 1. The first-order valence-electron chi connectivity index (χ1n) is 5.24. The van der Waals surface area contributed by atoms with E-state index in [0.717, 1.165) is 15.5 Å². The van der Waals surface area contributed by atoms with Crippen LogP contribution < -0.4 is 4.74 Å². The Morgan fingerprint density at radius 1 is 1.17 bits per heavy atom. The van der Waals surface area contributed by atoms with Crippen molar-refractivity contribution in [3.8, 4) is 11.8 Å². The minimum Gasteiger partial charge on any atom is -0.497 e. The first kappa shape index (κ1) is 12.8. The van der Waals surface area contributed by atoms with Crippen LogP contribution >= 0.6 is 23.4 Å². The second kappa shape index (κ2) is 5.81. The van der Waals surface area contributed by atoms with E-state index in [1.165, 1.54) is 11.8 Å². The van der Waals surface area contributed by atoms with Gasteiger partial charge in [-0.3, -0.25) is 0 Å². The van der Waals surface area contributed by atoms with E-state index in [4.69, 9.17) is 21.6 Å². The number of nitriles is 1. The molecule has 2 aromatic carbocycles. The molecule has 0 fully saturated rings. The number of benzene rings is 2. The molecule has 0 amide bonds. The molecular formula is C14H10ClNOS. The average molecular weight is 276 g/mol. The number of methoxy groups -OCH3 is 1. The second-order valence-corrected chi connectivity index (χ2v) is 5.08. The fourth-order valence-corrected chi connectivity index (χ4v) is 2.49. The van der Waals surface area contributed by atoms with Gasteiger partial charge < -0.3 is 4.74 Å². The van der Waals surface area contributed by atoms with E-state index in [9.17, 15) is 0 Å². The van der Waals surface area contributed by atoms with Crippen LogP contribution in [0.15, 0.2) is 52.3 Å². The van der Waals surface area contributed by atoms with Crippen molar-refractivity contribution >= 4 is 23.4 Å². The Labute approximate surface area is 115 Å². The van der Waals surface area contributed by atoms with Crippen molar-refractivity contribution in [2.45, 2.75) is 9.79 Å². The lowest BCUT2D eigenvalue weighted by Gasteiger charge is -2.06. The van der Waals surface area contributed by atoms with Gasteiger partial charge in [-0.15, -0.1) is 0 Å². The summed E-state index contributed by atoms with van der Waals surface area (Å²) in [5.74, 6) is 0.741. The van der Waals surface area contributed by atoms with Crippen LogP contribution in [0.1, 0.15) is 5.56 Å². The summed E-state index contributed by atoms with van der Waals surface area (Å²) >= 11 is 7.36. The molecule has 0 bridgehead atoms. The fraction of sp³-hybridized carbons (Fsp3) is 0.0714. The summed E-state index contributed by atoms with van der Waals surface area (Å²) in [6.45, 7) is 0. The first-order valence-corrected chi connectivity index (χ1v) is 6.44. The average Bonchev–Trinajstić information content (AvgIpc) is 2.41. The largest absolute Gasteiger partial charge is 0.497 e. The molecule has 2 aromatic rings. The van der Waals surface area contributed by atoms with E-state index in [-0.39, 0.29) is 0 Å². The molecule has 0 heterocycles. The van der Waals surface area contributed by atoms with Crippen LogP contribution in [0.5, 0.6) is 5.75 Å². The van der Waals surface area contributed by atoms with Gasteiger partial charge in [0.05, 0.1) is 12.7 Å². The lowest BCUT2D eigenvalue weighted by Crippen LogP contribution is -1.86. The van der Waals surface area contributed by atoms with Gasteiger partial charge in [0.15, 0.2) is 0 Å². The van der Waals surface area contributed by atoms with E-state index in [2.05, 4.69) is 6.07 Å². The topological polar surface area (TPSA) is 33.0 Å². The zero-order valence-electron chi connectivity index (χ0n) is 9.68. The van der Waals surface area contributed by atoms with Crippen molar-refractivity contribution in [2.75, 3.05) is 7.11 Å². The van der Waals surface area contributed by atoms with Gasteiger partial charge in [-0.25, -0.2) is 0 Å². The van der Waals surface area contributed by atoms with Crippen molar-refractivity contribution in [1.29, 1.82) is 5.26 Å². The lowest BCUT2D eigenvalue weighted by atomic mass is 10.2. The van der Waals surface area contributed by atoms with Gasteiger partial charge >= 0.3 is 0 Å². The fourth-order valence-electron chi connectivity index (χ4n) is 1.44. The highest BCUT2D eigenvalue weighted by Gasteiger charge is 2.06. The van der Waals surface area contributed by atoms with E-state index in [1.54, 1.807) is 19.2 Å². The second-order valence-electron chi connectivity index (χ2n) is 3.53. The highest BCUT2D eigenvalue weighted by atomic mass is 35.5. The predicted octanol–water partition coefficient (Wildman–Crippen LogP) is 4.37. The molecule has 0 unspecified atom stereocenters. The zero-order valence-corrected chi connectivity index (χ0v) is 11.3. The van der Waals surface area contributed by atoms with Gasteiger partial charge in [-0.05, 0) is 42.5 Å². The Hall–Kier alpha value is -1.63. The number of hydrogen-bond donors (Lipinski definition) is 0. The van der Waals surface area contributed by atoms with Gasteiger partial charge in [0.2, 0.25) is 0 Å². The van der Waals surface area contributed by atoms with Crippen LogP contribution in [-0.4, -0.2) is 7.11 Å². The monoisotopic (exact) mass is 275 g/mol. The smallest absolute Gasteiger partial charge is 0.120 e. The minimum atomic E-state index is 0.635. The van der Waals surface area contributed by atoms with Crippen LogP contribution in [0.3, 0.4) is 0 Å². The first-order chi connectivity index (χ1) is 8.72.